The molecular formula is C18H18N2O3S. The molecule has 0 aromatic heterocycles. The lowest BCUT2D eigenvalue weighted by molar-refractivity contribution is 0.0767. The quantitative estimate of drug-likeness (QED) is 0.929. The second-order valence-electron chi connectivity index (χ2n) is 6.42. The summed E-state index contributed by atoms with van der Waals surface area (Å²) < 4.78 is 27.8. The number of rotatable bonds is 4. The van der Waals surface area contributed by atoms with Crippen molar-refractivity contribution in [1.82, 2.24) is 4.90 Å². The van der Waals surface area contributed by atoms with E-state index in [1.165, 1.54) is 0 Å². The van der Waals surface area contributed by atoms with Crippen LogP contribution in [-0.2, 0) is 16.6 Å². The van der Waals surface area contributed by atoms with Gasteiger partial charge in [0.25, 0.3) is 15.9 Å². The molecule has 2 aliphatic rings. The number of sulfonamides is 1. The van der Waals surface area contributed by atoms with Crippen LogP contribution in [-0.4, -0.2) is 25.3 Å². The van der Waals surface area contributed by atoms with Crippen LogP contribution in [0.15, 0.2) is 47.4 Å². The molecule has 0 atom stereocenters. The van der Waals surface area contributed by atoms with Crippen LogP contribution in [0.2, 0.25) is 0 Å². The van der Waals surface area contributed by atoms with Crippen LogP contribution in [0.3, 0.4) is 0 Å². The average molecular weight is 342 g/mol. The van der Waals surface area contributed by atoms with Crippen molar-refractivity contribution in [2.45, 2.75) is 37.2 Å². The van der Waals surface area contributed by atoms with Crippen LogP contribution < -0.4 is 4.72 Å². The molecule has 0 unspecified atom stereocenters. The number of carbonyl (C=O) groups excluding carboxylic acids is 1. The van der Waals surface area contributed by atoms with Crippen molar-refractivity contribution < 1.29 is 13.2 Å². The summed E-state index contributed by atoms with van der Waals surface area (Å²) in [5, 5.41) is 0. The van der Waals surface area contributed by atoms with Crippen molar-refractivity contribution in [3.63, 3.8) is 0 Å². The largest absolute Gasteiger partial charge is 0.331 e. The molecule has 1 fully saturated rings. The number of benzene rings is 2. The molecule has 2 aromatic carbocycles. The number of hydrogen-bond acceptors (Lipinski definition) is 3. The molecule has 1 heterocycles. The van der Waals surface area contributed by atoms with Crippen molar-refractivity contribution in [1.29, 1.82) is 0 Å². The van der Waals surface area contributed by atoms with E-state index in [0.717, 1.165) is 24.0 Å². The molecule has 124 valence electrons. The van der Waals surface area contributed by atoms with Gasteiger partial charge >= 0.3 is 0 Å². The molecule has 2 aromatic rings. The Morgan fingerprint density at radius 3 is 2.46 bits per heavy atom. The van der Waals surface area contributed by atoms with E-state index in [-0.39, 0.29) is 10.8 Å². The lowest BCUT2D eigenvalue weighted by Crippen LogP contribution is -2.26. The second-order valence-corrected chi connectivity index (χ2v) is 8.10. The highest BCUT2D eigenvalue weighted by Crippen LogP contribution is 2.37. The molecule has 24 heavy (non-hydrogen) atoms. The van der Waals surface area contributed by atoms with Gasteiger partial charge in [-0.2, -0.15) is 0 Å². The van der Waals surface area contributed by atoms with Gasteiger partial charge in [0.1, 0.15) is 0 Å². The monoisotopic (exact) mass is 342 g/mol. The molecule has 1 aliphatic heterocycles. The van der Waals surface area contributed by atoms with Crippen LogP contribution in [0.25, 0.3) is 0 Å². The smallest absolute Gasteiger partial charge is 0.261 e. The van der Waals surface area contributed by atoms with E-state index in [0.29, 0.717) is 23.8 Å². The van der Waals surface area contributed by atoms with E-state index < -0.39 is 10.0 Å². The molecule has 0 spiro atoms. The molecule has 0 bridgehead atoms. The average Bonchev–Trinajstić information content (AvgIpc) is 3.32. The molecule has 4 rings (SSSR count). The third-order valence-corrected chi connectivity index (χ3v) is 5.91. The molecule has 1 N–H and O–H groups in total. The highest BCUT2D eigenvalue weighted by atomic mass is 32.2. The number of fused-ring (bicyclic) bond motifs is 1. The number of hydrogen-bond donors (Lipinski definition) is 1. The Kier molecular flexibility index (Phi) is 3.38. The third kappa shape index (κ3) is 2.57. The summed E-state index contributed by atoms with van der Waals surface area (Å²) in [6, 6.07) is 12.3. The first kappa shape index (κ1) is 15.2. The van der Waals surface area contributed by atoms with E-state index in [9.17, 15) is 13.2 Å². The maximum Gasteiger partial charge on any atom is 0.261 e. The highest BCUT2D eigenvalue weighted by molar-refractivity contribution is 7.92. The zero-order valence-corrected chi connectivity index (χ0v) is 14.1. The number of amides is 1. The van der Waals surface area contributed by atoms with Gasteiger partial charge in [0.15, 0.2) is 0 Å². The van der Waals surface area contributed by atoms with Crippen molar-refractivity contribution in [2.24, 2.45) is 0 Å². The van der Waals surface area contributed by atoms with Crippen LogP contribution in [0.1, 0.15) is 34.3 Å². The Bertz CT molecular complexity index is 916. The number of nitrogens with one attached hydrogen (secondary N) is 1. The number of anilines is 1. The summed E-state index contributed by atoms with van der Waals surface area (Å²) in [5.74, 6) is -0.0743. The zero-order valence-electron chi connectivity index (χ0n) is 13.3. The molecule has 1 amide bonds. The Labute approximate surface area is 141 Å². The predicted octanol–water partition coefficient (Wildman–Crippen LogP) is 2.91. The van der Waals surface area contributed by atoms with Gasteiger partial charge in [-0.3, -0.25) is 9.52 Å². The zero-order chi connectivity index (χ0) is 16.9. The molecule has 5 nitrogen and oxygen atoms in total. The normalized spacial score (nSPS) is 17.0. The topological polar surface area (TPSA) is 66.5 Å². The van der Waals surface area contributed by atoms with Crippen molar-refractivity contribution in [3.05, 3.63) is 59.2 Å². The van der Waals surface area contributed by atoms with Gasteiger partial charge in [-0.25, -0.2) is 8.42 Å². The van der Waals surface area contributed by atoms with Gasteiger partial charge < -0.3 is 4.90 Å². The maximum atomic E-state index is 12.7. The highest BCUT2D eigenvalue weighted by Gasteiger charge is 2.39. The minimum absolute atomic E-state index is 0.0743. The summed E-state index contributed by atoms with van der Waals surface area (Å²) in [6.45, 7) is 2.47. The molecule has 1 saturated carbocycles. The van der Waals surface area contributed by atoms with E-state index in [2.05, 4.69) is 4.72 Å². The van der Waals surface area contributed by atoms with Crippen LogP contribution >= 0.6 is 0 Å². The Hall–Kier alpha value is -2.34. The van der Waals surface area contributed by atoms with E-state index >= 15 is 0 Å². The van der Waals surface area contributed by atoms with Gasteiger partial charge in [0.2, 0.25) is 0 Å². The summed E-state index contributed by atoms with van der Waals surface area (Å²) in [5.41, 5.74) is 2.72. The maximum absolute atomic E-state index is 12.7. The lowest BCUT2D eigenvalue weighted by Gasteiger charge is -2.14. The van der Waals surface area contributed by atoms with Crippen LogP contribution in [0.5, 0.6) is 0 Å². The van der Waals surface area contributed by atoms with Gasteiger partial charge in [-0.05, 0) is 43.5 Å². The fraction of sp³-hybridized carbons (Fsp3) is 0.278. The molecule has 1 aliphatic carbocycles. The van der Waals surface area contributed by atoms with E-state index in [4.69, 9.17) is 0 Å². The molecule has 0 saturated heterocycles. The minimum Gasteiger partial charge on any atom is -0.331 e. The molecular weight excluding hydrogens is 324 g/mol. The SMILES string of the molecule is Cc1ccc(S(=O)(=O)Nc2cccc3c2C(=O)N(C2CC2)C3)cc1. The second kappa shape index (κ2) is 5.34. The van der Waals surface area contributed by atoms with Crippen molar-refractivity contribution in [3.8, 4) is 0 Å². The fourth-order valence-electron chi connectivity index (χ4n) is 3.07. The molecule has 6 heteroatoms. The van der Waals surface area contributed by atoms with E-state index in [1.807, 2.05) is 17.9 Å². The Balaban J connectivity index is 1.68. The van der Waals surface area contributed by atoms with Crippen molar-refractivity contribution >= 4 is 21.6 Å². The summed E-state index contributed by atoms with van der Waals surface area (Å²) in [4.78, 5) is 14.7. The Morgan fingerprint density at radius 2 is 1.79 bits per heavy atom. The fourth-order valence-corrected chi connectivity index (χ4v) is 4.14. The molecule has 0 radical (unpaired) electrons. The number of aryl methyl sites for hydroxylation is 1. The predicted molar refractivity (Wildman–Crippen MR) is 91.3 cm³/mol. The van der Waals surface area contributed by atoms with Crippen molar-refractivity contribution in [2.75, 3.05) is 4.72 Å². The van der Waals surface area contributed by atoms with Gasteiger partial charge in [0, 0.05) is 12.6 Å². The first-order valence-corrected chi connectivity index (χ1v) is 9.46. The number of carbonyl (C=O) groups is 1. The summed E-state index contributed by atoms with van der Waals surface area (Å²) in [7, 11) is -3.72. The standard InChI is InChI=1S/C18H18N2O3S/c1-12-5-9-15(10-6-12)24(22,23)19-16-4-2-3-13-11-20(14-7-8-14)18(21)17(13)16/h2-6,9-10,14,19H,7-8,11H2,1H3. The van der Waals surface area contributed by atoms with E-state index in [1.54, 1.807) is 36.4 Å². The number of nitrogens with zero attached hydrogens (tertiary/aromatic N) is 1. The van der Waals surface area contributed by atoms with Crippen LogP contribution in [0.4, 0.5) is 5.69 Å². The minimum atomic E-state index is -3.72. The van der Waals surface area contributed by atoms with Gasteiger partial charge in [0.05, 0.1) is 16.1 Å². The first-order valence-electron chi connectivity index (χ1n) is 7.98. The van der Waals surface area contributed by atoms with Crippen LogP contribution in [0, 0.1) is 6.92 Å². The summed E-state index contributed by atoms with van der Waals surface area (Å²) in [6.07, 6.45) is 2.06. The Morgan fingerprint density at radius 1 is 1.08 bits per heavy atom. The summed E-state index contributed by atoms with van der Waals surface area (Å²) >= 11 is 0. The van der Waals surface area contributed by atoms with Gasteiger partial charge in [-0.1, -0.05) is 29.8 Å². The van der Waals surface area contributed by atoms with Gasteiger partial charge in [-0.15, -0.1) is 0 Å². The lowest BCUT2D eigenvalue weighted by atomic mass is 10.1. The first-order chi connectivity index (χ1) is 11.5. The third-order valence-electron chi connectivity index (χ3n) is 4.53.